The molecule has 2 atom stereocenters. The highest BCUT2D eigenvalue weighted by molar-refractivity contribution is 5.79. The van der Waals surface area contributed by atoms with Crippen molar-refractivity contribution >= 4 is 5.97 Å². The Bertz CT molecular complexity index is 302. The molecule has 0 radical (unpaired) electrons. The fourth-order valence-corrected chi connectivity index (χ4v) is 3.05. The van der Waals surface area contributed by atoms with Crippen LogP contribution in [0.2, 0.25) is 0 Å². The van der Waals surface area contributed by atoms with E-state index in [1.165, 1.54) is 0 Å². The summed E-state index contributed by atoms with van der Waals surface area (Å²) < 4.78 is 0. The standard InChI is InChI=1S/C14H28N2O2/c1-11-10-13(2,3)6-7-14(11,12(17)18)15-8-9-16(4)5/h11,15H,6-10H2,1-5H3,(H,17,18). The molecule has 18 heavy (non-hydrogen) atoms. The molecule has 0 bridgehead atoms. The van der Waals surface area contributed by atoms with Gasteiger partial charge in [-0.25, -0.2) is 0 Å². The third-order valence-corrected chi connectivity index (χ3v) is 4.28. The van der Waals surface area contributed by atoms with Crippen molar-refractivity contribution in [3.05, 3.63) is 0 Å². The van der Waals surface area contributed by atoms with Gasteiger partial charge in [0.2, 0.25) is 0 Å². The lowest BCUT2D eigenvalue weighted by atomic mass is 9.64. The maximum absolute atomic E-state index is 11.7. The van der Waals surface area contributed by atoms with Gasteiger partial charge in [0.25, 0.3) is 0 Å². The lowest BCUT2D eigenvalue weighted by Crippen LogP contribution is -2.60. The molecule has 1 aliphatic rings. The number of carboxylic acids is 1. The molecule has 4 heteroatoms. The number of nitrogens with zero attached hydrogens (tertiary/aromatic N) is 1. The van der Waals surface area contributed by atoms with Crippen LogP contribution in [0.5, 0.6) is 0 Å². The van der Waals surface area contributed by atoms with Gasteiger partial charge in [-0.2, -0.15) is 0 Å². The van der Waals surface area contributed by atoms with Gasteiger partial charge >= 0.3 is 5.97 Å². The summed E-state index contributed by atoms with van der Waals surface area (Å²) in [6.07, 6.45) is 2.66. The minimum Gasteiger partial charge on any atom is -0.480 e. The van der Waals surface area contributed by atoms with Gasteiger partial charge in [-0.1, -0.05) is 20.8 Å². The Kier molecular flexibility index (Phi) is 4.78. The van der Waals surface area contributed by atoms with E-state index < -0.39 is 11.5 Å². The van der Waals surface area contributed by atoms with Crippen LogP contribution >= 0.6 is 0 Å². The Balaban J connectivity index is 2.72. The zero-order valence-corrected chi connectivity index (χ0v) is 12.4. The number of rotatable bonds is 5. The second kappa shape index (κ2) is 5.57. The van der Waals surface area contributed by atoms with Crippen molar-refractivity contribution < 1.29 is 9.90 Å². The molecule has 2 N–H and O–H groups in total. The number of hydrogen-bond acceptors (Lipinski definition) is 3. The highest BCUT2D eigenvalue weighted by Crippen LogP contribution is 2.43. The second-order valence-corrected chi connectivity index (χ2v) is 6.78. The summed E-state index contributed by atoms with van der Waals surface area (Å²) in [6, 6.07) is 0. The molecule has 0 aromatic rings. The first kappa shape index (κ1) is 15.4. The van der Waals surface area contributed by atoms with E-state index in [9.17, 15) is 9.90 Å². The third kappa shape index (κ3) is 3.45. The number of hydrogen-bond donors (Lipinski definition) is 2. The van der Waals surface area contributed by atoms with Crippen molar-refractivity contribution in [3.63, 3.8) is 0 Å². The quantitative estimate of drug-likeness (QED) is 0.787. The number of nitrogens with one attached hydrogen (secondary N) is 1. The monoisotopic (exact) mass is 256 g/mol. The molecule has 2 unspecified atom stereocenters. The Morgan fingerprint density at radius 2 is 2.00 bits per heavy atom. The summed E-state index contributed by atoms with van der Waals surface area (Å²) in [5.74, 6) is -0.523. The van der Waals surface area contributed by atoms with E-state index in [0.717, 1.165) is 32.4 Å². The van der Waals surface area contributed by atoms with E-state index in [-0.39, 0.29) is 11.3 Å². The molecule has 0 spiro atoms. The predicted octanol–water partition coefficient (Wildman–Crippen LogP) is 1.81. The fourth-order valence-electron chi connectivity index (χ4n) is 3.05. The molecule has 1 fully saturated rings. The largest absolute Gasteiger partial charge is 0.480 e. The summed E-state index contributed by atoms with van der Waals surface area (Å²) in [6.45, 7) is 8.12. The van der Waals surface area contributed by atoms with Gasteiger partial charge in [0.15, 0.2) is 0 Å². The number of aliphatic carboxylic acids is 1. The minimum absolute atomic E-state index is 0.168. The molecule has 0 aromatic heterocycles. The number of likely N-dealkylation sites (N-methyl/N-ethyl adjacent to an activating group) is 1. The zero-order valence-electron chi connectivity index (χ0n) is 12.4. The second-order valence-electron chi connectivity index (χ2n) is 6.78. The molecule has 1 saturated carbocycles. The number of carbonyl (C=O) groups is 1. The van der Waals surface area contributed by atoms with Crippen LogP contribution < -0.4 is 5.32 Å². The molecule has 4 nitrogen and oxygen atoms in total. The van der Waals surface area contributed by atoms with Crippen LogP contribution in [0, 0.1) is 11.3 Å². The van der Waals surface area contributed by atoms with Crippen molar-refractivity contribution in [2.45, 2.75) is 45.6 Å². The lowest BCUT2D eigenvalue weighted by Gasteiger charge is -2.46. The van der Waals surface area contributed by atoms with Gasteiger partial charge in [0.1, 0.15) is 5.54 Å². The first-order valence-corrected chi connectivity index (χ1v) is 6.83. The summed E-state index contributed by atoms with van der Waals surface area (Å²) >= 11 is 0. The van der Waals surface area contributed by atoms with Crippen LogP contribution in [0.15, 0.2) is 0 Å². The van der Waals surface area contributed by atoms with E-state index in [2.05, 4.69) is 31.0 Å². The fraction of sp³-hybridized carbons (Fsp3) is 0.929. The Hall–Kier alpha value is -0.610. The Morgan fingerprint density at radius 1 is 1.39 bits per heavy atom. The van der Waals surface area contributed by atoms with E-state index in [1.54, 1.807) is 0 Å². The summed E-state index contributed by atoms with van der Waals surface area (Å²) in [4.78, 5) is 13.8. The Labute approximate surface area is 111 Å². The molecule has 0 heterocycles. The van der Waals surface area contributed by atoms with Gasteiger partial charge in [-0.15, -0.1) is 0 Å². The Morgan fingerprint density at radius 3 is 2.44 bits per heavy atom. The smallest absolute Gasteiger partial charge is 0.324 e. The van der Waals surface area contributed by atoms with E-state index in [4.69, 9.17) is 0 Å². The summed E-state index contributed by atoms with van der Waals surface area (Å²) in [5, 5.41) is 12.9. The SMILES string of the molecule is CC1CC(C)(C)CCC1(NCCN(C)C)C(=O)O. The summed E-state index contributed by atoms with van der Waals surface area (Å²) in [5.41, 5.74) is -0.465. The zero-order chi connectivity index (χ0) is 14.0. The van der Waals surface area contributed by atoms with E-state index in [1.807, 2.05) is 14.1 Å². The van der Waals surface area contributed by atoms with Crippen LogP contribution in [-0.4, -0.2) is 48.7 Å². The number of carboxylic acid groups (broad SMARTS) is 1. The third-order valence-electron chi connectivity index (χ3n) is 4.28. The first-order valence-electron chi connectivity index (χ1n) is 6.83. The molecular weight excluding hydrogens is 228 g/mol. The van der Waals surface area contributed by atoms with Gasteiger partial charge in [-0.05, 0) is 44.7 Å². The highest BCUT2D eigenvalue weighted by Gasteiger charge is 2.48. The molecule has 0 saturated heterocycles. The minimum atomic E-state index is -0.731. The molecule has 0 amide bonds. The van der Waals surface area contributed by atoms with Crippen LogP contribution in [-0.2, 0) is 4.79 Å². The molecule has 1 aliphatic carbocycles. The van der Waals surface area contributed by atoms with Crippen molar-refractivity contribution in [1.29, 1.82) is 0 Å². The van der Waals surface area contributed by atoms with Crippen LogP contribution in [0.3, 0.4) is 0 Å². The van der Waals surface area contributed by atoms with Crippen molar-refractivity contribution in [2.75, 3.05) is 27.2 Å². The molecule has 0 aromatic carbocycles. The predicted molar refractivity (Wildman–Crippen MR) is 73.7 cm³/mol. The maximum atomic E-state index is 11.7. The van der Waals surface area contributed by atoms with Crippen LogP contribution in [0.1, 0.15) is 40.0 Å². The van der Waals surface area contributed by atoms with Gasteiger partial charge in [-0.3, -0.25) is 4.79 Å². The normalized spacial score (nSPS) is 31.6. The maximum Gasteiger partial charge on any atom is 0.324 e. The van der Waals surface area contributed by atoms with Crippen LogP contribution in [0.25, 0.3) is 0 Å². The van der Waals surface area contributed by atoms with Crippen molar-refractivity contribution in [1.82, 2.24) is 10.2 Å². The molecule has 106 valence electrons. The molecule has 0 aliphatic heterocycles. The lowest BCUT2D eigenvalue weighted by molar-refractivity contribution is -0.150. The average molecular weight is 256 g/mol. The van der Waals surface area contributed by atoms with Crippen molar-refractivity contribution in [2.24, 2.45) is 11.3 Å². The van der Waals surface area contributed by atoms with Crippen molar-refractivity contribution in [3.8, 4) is 0 Å². The van der Waals surface area contributed by atoms with E-state index >= 15 is 0 Å². The average Bonchev–Trinajstić information content (AvgIpc) is 2.19. The highest BCUT2D eigenvalue weighted by atomic mass is 16.4. The van der Waals surface area contributed by atoms with Gasteiger partial charge in [0.05, 0.1) is 0 Å². The van der Waals surface area contributed by atoms with Gasteiger partial charge < -0.3 is 15.3 Å². The first-order chi connectivity index (χ1) is 8.19. The summed E-state index contributed by atoms with van der Waals surface area (Å²) in [7, 11) is 4.01. The van der Waals surface area contributed by atoms with Crippen LogP contribution in [0.4, 0.5) is 0 Å². The van der Waals surface area contributed by atoms with E-state index in [0.29, 0.717) is 0 Å². The molecule has 1 rings (SSSR count). The topological polar surface area (TPSA) is 52.6 Å². The van der Waals surface area contributed by atoms with Gasteiger partial charge in [0, 0.05) is 13.1 Å². The molecular formula is C14H28N2O2.